The predicted octanol–water partition coefficient (Wildman–Crippen LogP) is 1.56. The van der Waals surface area contributed by atoms with E-state index in [1.54, 1.807) is 4.68 Å². The smallest absolute Gasteiger partial charge is 0.254 e. The van der Waals surface area contributed by atoms with Crippen LogP contribution in [-0.2, 0) is 13.0 Å². The Morgan fingerprint density at radius 2 is 1.97 bits per heavy atom. The van der Waals surface area contributed by atoms with Gasteiger partial charge in [0.2, 0.25) is 0 Å². The second kappa shape index (κ2) is 7.63. The quantitative estimate of drug-likeness (QED) is 0.673. The Kier molecular flexibility index (Phi) is 4.69. The summed E-state index contributed by atoms with van der Waals surface area (Å²) < 4.78 is 7.14. The normalized spacial score (nSPS) is 16.5. The number of carbonyl (C=O) groups excluding carboxylic acids is 1. The van der Waals surface area contributed by atoms with Crippen molar-refractivity contribution in [2.45, 2.75) is 13.0 Å². The van der Waals surface area contributed by atoms with Gasteiger partial charge in [0.1, 0.15) is 12.1 Å². The number of rotatable bonds is 4. The van der Waals surface area contributed by atoms with E-state index in [1.807, 2.05) is 29.2 Å². The minimum Gasteiger partial charge on any atom is -0.493 e. The Hall–Kier alpha value is -3.26. The molecule has 1 fully saturated rings. The van der Waals surface area contributed by atoms with E-state index >= 15 is 0 Å². The first-order valence-electron chi connectivity index (χ1n) is 9.86. The van der Waals surface area contributed by atoms with Gasteiger partial charge in [-0.15, -0.1) is 5.10 Å². The molecule has 0 atom stereocenters. The molecule has 0 aliphatic carbocycles. The first kappa shape index (κ1) is 17.8. The Labute approximate surface area is 168 Å². The number of ether oxygens (including phenoxy) is 1. The molecule has 8 nitrogen and oxygen atoms in total. The van der Waals surface area contributed by atoms with Gasteiger partial charge in [0.05, 0.1) is 12.3 Å². The van der Waals surface area contributed by atoms with Crippen molar-refractivity contribution in [3.63, 3.8) is 0 Å². The van der Waals surface area contributed by atoms with Gasteiger partial charge in [0, 0.05) is 44.7 Å². The third-order valence-electron chi connectivity index (χ3n) is 5.53. The summed E-state index contributed by atoms with van der Waals surface area (Å²) >= 11 is 0. The maximum Gasteiger partial charge on any atom is 0.254 e. The molecule has 1 saturated heterocycles. The van der Waals surface area contributed by atoms with Gasteiger partial charge in [0.15, 0.2) is 0 Å². The van der Waals surface area contributed by atoms with E-state index in [2.05, 4.69) is 38.6 Å². The lowest BCUT2D eigenvalue weighted by atomic mass is 10.1. The fourth-order valence-corrected chi connectivity index (χ4v) is 3.95. The third-order valence-corrected chi connectivity index (χ3v) is 5.53. The van der Waals surface area contributed by atoms with Gasteiger partial charge in [-0.25, -0.2) is 4.68 Å². The molecule has 0 spiro atoms. The van der Waals surface area contributed by atoms with Crippen LogP contribution in [0.25, 0.3) is 5.69 Å². The van der Waals surface area contributed by atoms with Crippen LogP contribution in [0.15, 0.2) is 48.8 Å². The largest absolute Gasteiger partial charge is 0.493 e. The van der Waals surface area contributed by atoms with Crippen molar-refractivity contribution in [1.29, 1.82) is 0 Å². The molecular formula is C21H22N6O2. The highest BCUT2D eigenvalue weighted by Gasteiger charge is 2.23. The number of hydrogen-bond acceptors (Lipinski definition) is 6. The maximum atomic E-state index is 12.9. The lowest BCUT2D eigenvalue weighted by Crippen LogP contribution is -2.48. The topological polar surface area (TPSA) is 76.4 Å². The molecule has 0 N–H and O–H groups in total. The molecule has 8 heteroatoms. The van der Waals surface area contributed by atoms with Crippen LogP contribution >= 0.6 is 0 Å². The van der Waals surface area contributed by atoms with Gasteiger partial charge >= 0.3 is 0 Å². The molecule has 1 aromatic heterocycles. The molecule has 1 amide bonds. The first-order valence-corrected chi connectivity index (χ1v) is 9.86. The average Bonchev–Trinajstić information content (AvgIpc) is 3.46. The van der Waals surface area contributed by atoms with Gasteiger partial charge < -0.3 is 9.64 Å². The summed E-state index contributed by atoms with van der Waals surface area (Å²) in [5.74, 6) is 1.07. The highest BCUT2D eigenvalue weighted by Crippen LogP contribution is 2.26. The van der Waals surface area contributed by atoms with Gasteiger partial charge in [0.25, 0.3) is 5.91 Å². The van der Waals surface area contributed by atoms with Crippen LogP contribution < -0.4 is 4.74 Å². The van der Waals surface area contributed by atoms with E-state index < -0.39 is 0 Å². The predicted molar refractivity (Wildman–Crippen MR) is 106 cm³/mol. The highest BCUT2D eigenvalue weighted by molar-refractivity contribution is 5.94. The van der Waals surface area contributed by atoms with Gasteiger partial charge in [-0.1, -0.05) is 18.2 Å². The number of piperazine rings is 1. The monoisotopic (exact) mass is 390 g/mol. The SMILES string of the molecule is O=C(c1cccc(-n2cnnn2)c1)N1CCN(Cc2ccc3c(c2)CCO3)CC1. The second-order valence-corrected chi connectivity index (χ2v) is 7.41. The van der Waals surface area contributed by atoms with E-state index in [1.165, 1.54) is 17.5 Å². The van der Waals surface area contributed by atoms with Crippen molar-refractivity contribution in [3.05, 3.63) is 65.5 Å². The van der Waals surface area contributed by atoms with Crippen LogP contribution in [0.1, 0.15) is 21.5 Å². The molecule has 3 heterocycles. The van der Waals surface area contributed by atoms with Crippen LogP contribution in [0.2, 0.25) is 0 Å². The van der Waals surface area contributed by atoms with Crippen molar-refractivity contribution >= 4 is 5.91 Å². The van der Waals surface area contributed by atoms with E-state index in [0.717, 1.165) is 57.2 Å². The average molecular weight is 390 g/mol. The summed E-state index contributed by atoms with van der Waals surface area (Å²) in [5, 5.41) is 11.2. The number of amides is 1. The number of fused-ring (bicyclic) bond motifs is 1. The van der Waals surface area contributed by atoms with Crippen LogP contribution in [0.3, 0.4) is 0 Å². The zero-order valence-electron chi connectivity index (χ0n) is 16.1. The molecule has 29 heavy (non-hydrogen) atoms. The van der Waals surface area contributed by atoms with Crippen molar-refractivity contribution in [2.24, 2.45) is 0 Å². The fourth-order valence-electron chi connectivity index (χ4n) is 3.95. The summed E-state index contributed by atoms with van der Waals surface area (Å²) in [4.78, 5) is 17.3. The number of hydrogen-bond donors (Lipinski definition) is 0. The molecule has 3 aromatic rings. The lowest BCUT2D eigenvalue weighted by molar-refractivity contribution is 0.0628. The van der Waals surface area contributed by atoms with Crippen LogP contribution in [0.4, 0.5) is 0 Å². The Morgan fingerprint density at radius 3 is 2.79 bits per heavy atom. The maximum absolute atomic E-state index is 12.9. The molecular weight excluding hydrogens is 368 g/mol. The number of benzene rings is 2. The third kappa shape index (κ3) is 3.71. The second-order valence-electron chi connectivity index (χ2n) is 7.41. The fraction of sp³-hybridized carbons (Fsp3) is 0.333. The zero-order valence-corrected chi connectivity index (χ0v) is 16.1. The standard InChI is InChI=1S/C21H22N6O2/c28-21(18-2-1-3-19(13-18)27-15-22-23-24-27)26-9-7-25(8-10-26)14-16-4-5-20-17(12-16)6-11-29-20/h1-5,12-13,15H,6-11,14H2. The van der Waals surface area contributed by atoms with Crippen molar-refractivity contribution in [3.8, 4) is 11.4 Å². The summed E-state index contributed by atoms with van der Waals surface area (Å²) in [6, 6.07) is 13.9. The Balaban J connectivity index is 1.20. The number of aromatic nitrogens is 4. The van der Waals surface area contributed by atoms with Gasteiger partial charge in [-0.3, -0.25) is 9.69 Å². The van der Waals surface area contributed by atoms with Crippen LogP contribution in [0, 0.1) is 0 Å². The summed E-state index contributed by atoms with van der Waals surface area (Å²) in [7, 11) is 0. The van der Waals surface area contributed by atoms with E-state index in [4.69, 9.17) is 4.74 Å². The van der Waals surface area contributed by atoms with Crippen molar-refractivity contribution < 1.29 is 9.53 Å². The van der Waals surface area contributed by atoms with E-state index in [9.17, 15) is 4.79 Å². The summed E-state index contributed by atoms with van der Waals surface area (Å²) in [6.07, 6.45) is 2.52. The van der Waals surface area contributed by atoms with Crippen molar-refractivity contribution in [2.75, 3.05) is 32.8 Å². The molecule has 0 unspecified atom stereocenters. The molecule has 0 bridgehead atoms. The van der Waals surface area contributed by atoms with Gasteiger partial charge in [-0.05, 0) is 45.8 Å². The Morgan fingerprint density at radius 1 is 1.07 bits per heavy atom. The molecule has 2 aliphatic rings. The minimum absolute atomic E-state index is 0.0502. The first-order chi connectivity index (χ1) is 14.3. The molecule has 148 valence electrons. The molecule has 2 aliphatic heterocycles. The minimum atomic E-state index is 0.0502. The molecule has 0 radical (unpaired) electrons. The molecule has 5 rings (SSSR count). The summed E-state index contributed by atoms with van der Waals surface area (Å²) in [6.45, 7) is 4.88. The number of carbonyl (C=O) groups is 1. The van der Waals surface area contributed by atoms with Crippen molar-refractivity contribution in [1.82, 2.24) is 30.0 Å². The lowest BCUT2D eigenvalue weighted by Gasteiger charge is -2.35. The molecule has 0 saturated carbocycles. The van der Waals surface area contributed by atoms with E-state index in [-0.39, 0.29) is 5.91 Å². The van der Waals surface area contributed by atoms with E-state index in [0.29, 0.717) is 5.56 Å². The Bertz CT molecular complexity index is 1010. The number of tetrazole rings is 1. The van der Waals surface area contributed by atoms with Gasteiger partial charge in [-0.2, -0.15) is 0 Å². The van der Waals surface area contributed by atoms with Crippen LogP contribution in [-0.4, -0.2) is 68.7 Å². The number of nitrogens with zero attached hydrogens (tertiary/aromatic N) is 6. The molecule has 2 aromatic carbocycles. The summed E-state index contributed by atoms with van der Waals surface area (Å²) in [5.41, 5.74) is 4.05. The zero-order chi connectivity index (χ0) is 19.6. The highest BCUT2D eigenvalue weighted by atomic mass is 16.5. The van der Waals surface area contributed by atoms with Crippen LogP contribution in [0.5, 0.6) is 5.75 Å².